The molecular formula is C6H13O4P. The second-order valence-corrected chi connectivity index (χ2v) is 2.51. The fourth-order valence-corrected chi connectivity index (χ4v) is 0.692. The van der Waals surface area contributed by atoms with E-state index in [4.69, 9.17) is 14.6 Å². The minimum atomic E-state index is 0.0409. The second kappa shape index (κ2) is 9.98. The number of aliphatic hydroxyl groups excluding tert-OH is 1. The molecule has 0 heterocycles. The van der Waals surface area contributed by atoms with E-state index in [1.165, 1.54) is 0 Å². The molecule has 0 aromatic carbocycles. The van der Waals surface area contributed by atoms with Gasteiger partial charge in [0.1, 0.15) is 0 Å². The molecule has 0 rings (SSSR count). The molecule has 0 saturated heterocycles. The summed E-state index contributed by atoms with van der Waals surface area (Å²) in [4.78, 5) is 0. The van der Waals surface area contributed by atoms with Gasteiger partial charge in [-0.2, -0.15) is 0 Å². The summed E-state index contributed by atoms with van der Waals surface area (Å²) in [6, 6.07) is 0. The van der Waals surface area contributed by atoms with E-state index in [2.05, 4.69) is 0 Å². The summed E-state index contributed by atoms with van der Waals surface area (Å²) < 4.78 is 19.8. The first-order valence-corrected chi connectivity index (χ1v) is 4.47. The molecule has 0 aromatic rings. The molecule has 0 aliphatic rings. The van der Waals surface area contributed by atoms with E-state index in [1.807, 2.05) is 0 Å². The van der Waals surface area contributed by atoms with Crippen molar-refractivity contribution < 1.29 is 19.1 Å². The second-order valence-electron chi connectivity index (χ2n) is 1.80. The largest absolute Gasteiger partial charge is 0.394 e. The monoisotopic (exact) mass is 180 g/mol. The molecule has 0 saturated carbocycles. The zero-order valence-corrected chi connectivity index (χ0v) is 7.26. The average molecular weight is 180 g/mol. The predicted octanol–water partition coefficient (Wildman–Crippen LogP) is 0.304. The standard InChI is InChI=1S/C6H13O4P/c7-1-2-9-3-4-10-5-6-11-8/h7H,1-6H2. The minimum Gasteiger partial charge on any atom is -0.394 e. The number of hydrogen-bond donors (Lipinski definition) is 1. The molecule has 0 aliphatic heterocycles. The molecule has 0 aliphatic carbocycles. The fourth-order valence-electron chi connectivity index (χ4n) is 0.488. The molecule has 0 bridgehead atoms. The summed E-state index contributed by atoms with van der Waals surface area (Å²) in [5.41, 5.74) is 0. The predicted molar refractivity (Wildman–Crippen MR) is 41.2 cm³/mol. The highest BCUT2D eigenvalue weighted by Gasteiger charge is 1.88. The quantitative estimate of drug-likeness (QED) is 0.431. The number of hydrogen-bond acceptors (Lipinski definition) is 4. The Kier molecular flexibility index (Phi) is 9.96. The molecule has 66 valence electrons. The van der Waals surface area contributed by atoms with Crippen molar-refractivity contribution >= 4 is 8.46 Å². The van der Waals surface area contributed by atoms with Crippen molar-refractivity contribution in [3.05, 3.63) is 0 Å². The van der Waals surface area contributed by atoms with Crippen molar-refractivity contribution in [2.24, 2.45) is 0 Å². The SMILES string of the molecule is O=PCCOCCOCCO. The Balaban J connectivity index is 2.74. The van der Waals surface area contributed by atoms with E-state index < -0.39 is 0 Å². The lowest BCUT2D eigenvalue weighted by atomic mass is 10.7. The molecule has 11 heavy (non-hydrogen) atoms. The zero-order chi connectivity index (χ0) is 8.36. The fraction of sp³-hybridized carbons (Fsp3) is 1.00. The van der Waals surface area contributed by atoms with E-state index in [9.17, 15) is 4.57 Å². The number of rotatable bonds is 8. The van der Waals surface area contributed by atoms with Gasteiger partial charge < -0.3 is 14.6 Å². The van der Waals surface area contributed by atoms with E-state index in [-0.39, 0.29) is 15.1 Å². The maximum atomic E-state index is 9.89. The Morgan fingerprint density at radius 3 is 2.27 bits per heavy atom. The summed E-state index contributed by atoms with van der Waals surface area (Å²) in [5.74, 6) is 0. The van der Waals surface area contributed by atoms with Gasteiger partial charge in [-0.25, -0.2) is 0 Å². The Morgan fingerprint density at radius 2 is 1.73 bits per heavy atom. The van der Waals surface area contributed by atoms with Crippen molar-refractivity contribution in [1.82, 2.24) is 0 Å². The number of ether oxygens (including phenoxy) is 2. The van der Waals surface area contributed by atoms with Gasteiger partial charge in [0.25, 0.3) is 0 Å². The van der Waals surface area contributed by atoms with Crippen molar-refractivity contribution in [3.8, 4) is 0 Å². The van der Waals surface area contributed by atoms with Crippen LogP contribution in [0.1, 0.15) is 0 Å². The lowest BCUT2D eigenvalue weighted by Crippen LogP contribution is -2.08. The first-order chi connectivity index (χ1) is 5.41. The highest BCUT2D eigenvalue weighted by atomic mass is 31.1. The molecule has 0 amide bonds. The highest BCUT2D eigenvalue weighted by molar-refractivity contribution is 7.23. The van der Waals surface area contributed by atoms with Crippen LogP contribution in [-0.2, 0) is 14.0 Å². The smallest absolute Gasteiger partial charge is 0.157 e. The van der Waals surface area contributed by atoms with Gasteiger partial charge in [0, 0.05) is 0 Å². The van der Waals surface area contributed by atoms with Crippen LogP contribution in [0.25, 0.3) is 0 Å². The molecular weight excluding hydrogens is 167 g/mol. The van der Waals surface area contributed by atoms with Gasteiger partial charge in [0.15, 0.2) is 8.46 Å². The molecule has 0 radical (unpaired) electrons. The lowest BCUT2D eigenvalue weighted by molar-refractivity contribution is 0.0376. The van der Waals surface area contributed by atoms with E-state index in [0.29, 0.717) is 32.6 Å². The van der Waals surface area contributed by atoms with Crippen LogP contribution in [-0.4, -0.2) is 44.3 Å². The van der Waals surface area contributed by atoms with Crippen LogP contribution >= 0.6 is 8.46 Å². The molecule has 5 heteroatoms. The summed E-state index contributed by atoms with van der Waals surface area (Å²) >= 11 is 0. The maximum Gasteiger partial charge on any atom is 0.157 e. The Labute approximate surface area is 67.7 Å². The maximum absolute atomic E-state index is 9.89. The van der Waals surface area contributed by atoms with Gasteiger partial charge in [0.2, 0.25) is 0 Å². The van der Waals surface area contributed by atoms with Crippen LogP contribution in [0.5, 0.6) is 0 Å². The van der Waals surface area contributed by atoms with Gasteiger partial charge in [-0.15, -0.1) is 0 Å². The van der Waals surface area contributed by atoms with Crippen molar-refractivity contribution in [2.45, 2.75) is 0 Å². The van der Waals surface area contributed by atoms with Gasteiger partial charge in [0.05, 0.1) is 39.2 Å². The Morgan fingerprint density at radius 1 is 1.09 bits per heavy atom. The van der Waals surface area contributed by atoms with Crippen LogP contribution in [0.15, 0.2) is 0 Å². The van der Waals surface area contributed by atoms with Gasteiger partial charge in [-0.05, 0) is 0 Å². The summed E-state index contributed by atoms with van der Waals surface area (Å²) in [5, 5.41) is 8.30. The first kappa shape index (κ1) is 11.0. The highest BCUT2D eigenvalue weighted by Crippen LogP contribution is 1.89. The van der Waals surface area contributed by atoms with Crippen LogP contribution in [0.4, 0.5) is 0 Å². The Hall–Kier alpha value is -0.0200. The first-order valence-electron chi connectivity index (χ1n) is 3.47. The van der Waals surface area contributed by atoms with Crippen LogP contribution in [0, 0.1) is 0 Å². The van der Waals surface area contributed by atoms with Gasteiger partial charge >= 0.3 is 0 Å². The molecule has 0 unspecified atom stereocenters. The molecule has 0 atom stereocenters. The van der Waals surface area contributed by atoms with E-state index in [1.54, 1.807) is 0 Å². The third kappa shape index (κ3) is 9.98. The normalized spacial score (nSPS) is 10.6. The molecule has 4 nitrogen and oxygen atoms in total. The van der Waals surface area contributed by atoms with Gasteiger partial charge in [-0.3, -0.25) is 4.57 Å². The van der Waals surface area contributed by atoms with E-state index in [0.717, 1.165) is 0 Å². The summed E-state index contributed by atoms with van der Waals surface area (Å²) in [6.45, 7) is 1.86. The lowest BCUT2D eigenvalue weighted by Gasteiger charge is -2.01. The van der Waals surface area contributed by atoms with E-state index >= 15 is 0 Å². The van der Waals surface area contributed by atoms with Crippen LogP contribution < -0.4 is 0 Å². The molecule has 1 N–H and O–H groups in total. The minimum absolute atomic E-state index is 0.0409. The topological polar surface area (TPSA) is 55.8 Å². The van der Waals surface area contributed by atoms with Crippen molar-refractivity contribution in [2.75, 3.05) is 39.2 Å². The third-order valence-electron chi connectivity index (χ3n) is 0.935. The van der Waals surface area contributed by atoms with Gasteiger partial charge in [-0.1, -0.05) is 0 Å². The summed E-state index contributed by atoms with van der Waals surface area (Å²) in [7, 11) is 0.114. The van der Waals surface area contributed by atoms with Crippen LogP contribution in [0.3, 0.4) is 0 Å². The molecule has 0 fully saturated rings. The Bertz CT molecular complexity index is 88.7. The number of aliphatic hydroxyl groups is 1. The molecule has 0 spiro atoms. The van der Waals surface area contributed by atoms with Crippen molar-refractivity contribution in [1.29, 1.82) is 0 Å². The third-order valence-corrected chi connectivity index (χ3v) is 1.30. The average Bonchev–Trinajstić information content (AvgIpc) is 2.03. The van der Waals surface area contributed by atoms with Crippen molar-refractivity contribution in [3.63, 3.8) is 0 Å². The molecule has 0 aromatic heterocycles. The zero-order valence-electron chi connectivity index (χ0n) is 6.36. The summed E-state index contributed by atoms with van der Waals surface area (Å²) in [6.07, 6.45) is 0.528. The van der Waals surface area contributed by atoms with Crippen LogP contribution in [0.2, 0.25) is 0 Å².